The molecule has 62 valence electrons. The second-order valence-electron chi connectivity index (χ2n) is 2.36. The Morgan fingerprint density at radius 2 is 2.25 bits per heavy atom. The second-order valence-corrected chi connectivity index (χ2v) is 3.21. The largest absolute Gasteiger partial charge is 0.396 e. The van der Waals surface area contributed by atoms with Gasteiger partial charge in [0.05, 0.1) is 5.56 Å². The topological polar surface area (TPSA) is 44.0 Å². The Hall–Kier alpha value is -0.850. The molecule has 0 saturated heterocycles. The molecule has 1 aromatic carbocycles. The van der Waals surface area contributed by atoms with Crippen molar-refractivity contribution >= 4 is 15.9 Å². The van der Waals surface area contributed by atoms with Gasteiger partial charge < -0.3 is 5.11 Å². The van der Waals surface area contributed by atoms with Gasteiger partial charge in [0, 0.05) is 11.1 Å². The van der Waals surface area contributed by atoms with Crippen LogP contribution < -0.4 is 0 Å². The van der Waals surface area contributed by atoms with E-state index in [4.69, 9.17) is 10.4 Å². The Bertz CT molecular complexity index is 317. The van der Waals surface area contributed by atoms with Gasteiger partial charge in [-0.15, -0.1) is 0 Å². The van der Waals surface area contributed by atoms with Gasteiger partial charge in [-0.25, -0.2) is 0 Å². The van der Waals surface area contributed by atoms with Crippen LogP contribution in [0.2, 0.25) is 0 Å². The number of hydrogen-bond acceptors (Lipinski definition) is 2. The third-order valence-corrected chi connectivity index (χ3v) is 2.25. The second kappa shape index (κ2) is 4.24. The summed E-state index contributed by atoms with van der Waals surface area (Å²) in [6, 6.07) is 7.61. The van der Waals surface area contributed by atoms with E-state index in [1.165, 1.54) is 0 Å². The van der Waals surface area contributed by atoms with Crippen LogP contribution >= 0.6 is 15.9 Å². The van der Waals surface area contributed by atoms with Gasteiger partial charge in [0.15, 0.2) is 0 Å². The molecular formula is C9H8BrNO. The van der Waals surface area contributed by atoms with E-state index in [1.807, 2.05) is 18.2 Å². The van der Waals surface area contributed by atoms with Crippen LogP contribution in [0.4, 0.5) is 0 Å². The molecule has 0 heterocycles. The van der Waals surface area contributed by atoms with Gasteiger partial charge in [0.25, 0.3) is 0 Å². The number of aliphatic hydroxyl groups is 1. The summed E-state index contributed by atoms with van der Waals surface area (Å²) < 4.78 is 0.788. The Morgan fingerprint density at radius 3 is 2.83 bits per heavy atom. The number of benzene rings is 1. The SMILES string of the molecule is N#Cc1c(Br)cccc1CCO. The number of hydrogen-bond donors (Lipinski definition) is 1. The molecule has 2 nitrogen and oxygen atoms in total. The van der Waals surface area contributed by atoms with Gasteiger partial charge in [-0.1, -0.05) is 12.1 Å². The number of nitriles is 1. The lowest BCUT2D eigenvalue weighted by Gasteiger charge is -2.02. The summed E-state index contributed by atoms with van der Waals surface area (Å²) in [5.41, 5.74) is 1.50. The van der Waals surface area contributed by atoms with Gasteiger partial charge in [-0.3, -0.25) is 0 Å². The highest BCUT2D eigenvalue weighted by Crippen LogP contribution is 2.19. The minimum Gasteiger partial charge on any atom is -0.396 e. The monoisotopic (exact) mass is 225 g/mol. The Balaban J connectivity index is 3.11. The van der Waals surface area contributed by atoms with Crippen LogP contribution in [-0.2, 0) is 6.42 Å². The molecule has 3 heteroatoms. The summed E-state index contributed by atoms with van der Waals surface area (Å²) in [5, 5.41) is 17.5. The van der Waals surface area contributed by atoms with Crippen LogP contribution in [0, 0.1) is 11.3 Å². The lowest BCUT2D eigenvalue weighted by Crippen LogP contribution is -1.94. The van der Waals surface area contributed by atoms with E-state index in [0.29, 0.717) is 12.0 Å². The summed E-state index contributed by atoms with van der Waals surface area (Å²) in [7, 11) is 0. The van der Waals surface area contributed by atoms with Gasteiger partial charge in [-0.2, -0.15) is 5.26 Å². The molecule has 0 bridgehead atoms. The molecule has 1 aromatic rings. The van der Waals surface area contributed by atoms with Crippen LogP contribution in [0.5, 0.6) is 0 Å². The van der Waals surface area contributed by atoms with E-state index in [-0.39, 0.29) is 6.61 Å². The molecule has 0 aliphatic heterocycles. The van der Waals surface area contributed by atoms with E-state index in [0.717, 1.165) is 10.0 Å². The molecular weight excluding hydrogens is 218 g/mol. The molecule has 0 amide bonds. The summed E-state index contributed by atoms with van der Waals surface area (Å²) in [6.07, 6.45) is 0.530. The van der Waals surface area contributed by atoms with Gasteiger partial charge in [0.2, 0.25) is 0 Å². The van der Waals surface area contributed by atoms with Crippen molar-refractivity contribution in [1.29, 1.82) is 5.26 Å². The molecule has 0 spiro atoms. The molecule has 0 unspecified atom stereocenters. The summed E-state index contributed by atoms with van der Waals surface area (Å²) in [5.74, 6) is 0. The quantitative estimate of drug-likeness (QED) is 0.836. The first-order valence-electron chi connectivity index (χ1n) is 3.58. The first-order chi connectivity index (χ1) is 5.79. The Morgan fingerprint density at radius 1 is 1.50 bits per heavy atom. The van der Waals surface area contributed by atoms with E-state index >= 15 is 0 Å². The van der Waals surface area contributed by atoms with Gasteiger partial charge in [-0.05, 0) is 34.0 Å². The Labute approximate surface area is 79.6 Å². The highest BCUT2D eigenvalue weighted by molar-refractivity contribution is 9.10. The molecule has 0 atom stereocenters. The van der Waals surface area contributed by atoms with Crippen molar-refractivity contribution in [1.82, 2.24) is 0 Å². The highest BCUT2D eigenvalue weighted by atomic mass is 79.9. The predicted molar refractivity (Wildman–Crippen MR) is 49.6 cm³/mol. The maximum atomic E-state index is 8.76. The molecule has 1 rings (SSSR count). The zero-order valence-corrected chi connectivity index (χ0v) is 8.00. The average Bonchev–Trinajstić information content (AvgIpc) is 2.05. The van der Waals surface area contributed by atoms with Crippen molar-refractivity contribution in [3.05, 3.63) is 33.8 Å². The lowest BCUT2D eigenvalue weighted by atomic mass is 10.1. The van der Waals surface area contributed by atoms with E-state index in [2.05, 4.69) is 22.0 Å². The summed E-state index contributed by atoms with van der Waals surface area (Å²) in [6.45, 7) is 0.0745. The molecule has 0 aliphatic carbocycles. The minimum atomic E-state index is 0.0745. The standard InChI is InChI=1S/C9H8BrNO/c10-9-3-1-2-7(4-5-12)8(9)6-11/h1-3,12H,4-5H2. The van der Waals surface area contributed by atoms with Crippen LogP contribution in [0.15, 0.2) is 22.7 Å². The number of rotatable bonds is 2. The predicted octanol–water partition coefficient (Wildman–Crippen LogP) is 1.86. The lowest BCUT2D eigenvalue weighted by molar-refractivity contribution is 0.299. The number of halogens is 1. The average molecular weight is 226 g/mol. The van der Waals surface area contributed by atoms with Crippen molar-refractivity contribution in [2.24, 2.45) is 0 Å². The van der Waals surface area contributed by atoms with Crippen molar-refractivity contribution < 1.29 is 5.11 Å². The molecule has 12 heavy (non-hydrogen) atoms. The van der Waals surface area contributed by atoms with E-state index in [1.54, 1.807) is 0 Å². The highest BCUT2D eigenvalue weighted by Gasteiger charge is 2.03. The van der Waals surface area contributed by atoms with Crippen molar-refractivity contribution in [3.8, 4) is 6.07 Å². The fourth-order valence-corrected chi connectivity index (χ4v) is 1.52. The van der Waals surface area contributed by atoms with Crippen LogP contribution in [0.25, 0.3) is 0 Å². The molecule has 0 fully saturated rings. The normalized spacial score (nSPS) is 9.42. The van der Waals surface area contributed by atoms with Crippen LogP contribution in [0.3, 0.4) is 0 Å². The fourth-order valence-electron chi connectivity index (χ4n) is 1.02. The molecule has 0 aromatic heterocycles. The summed E-state index contributed by atoms with van der Waals surface area (Å²) in [4.78, 5) is 0. The first kappa shape index (κ1) is 9.24. The van der Waals surface area contributed by atoms with Crippen LogP contribution in [0.1, 0.15) is 11.1 Å². The van der Waals surface area contributed by atoms with Crippen molar-refractivity contribution in [2.75, 3.05) is 6.61 Å². The zero-order chi connectivity index (χ0) is 8.97. The number of aliphatic hydroxyl groups excluding tert-OH is 1. The maximum Gasteiger partial charge on any atom is 0.101 e. The fraction of sp³-hybridized carbons (Fsp3) is 0.222. The van der Waals surface area contributed by atoms with Crippen LogP contribution in [-0.4, -0.2) is 11.7 Å². The third-order valence-electron chi connectivity index (χ3n) is 1.59. The third kappa shape index (κ3) is 1.84. The van der Waals surface area contributed by atoms with Gasteiger partial charge in [0.1, 0.15) is 6.07 Å². The number of nitrogens with zero attached hydrogens (tertiary/aromatic N) is 1. The zero-order valence-electron chi connectivity index (χ0n) is 6.42. The Kier molecular flexibility index (Phi) is 3.27. The molecule has 1 N–H and O–H groups in total. The first-order valence-corrected chi connectivity index (χ1v) is 4.37. The van der Waals surface area contributed by atoms with Crippen molar-refractivity contribution in [3.63, 3.8) is 0 Å². The molecule has 0 aliphatic rings. The van der Waals surface area contributed by atoms with Crippen molar-refractivity contribution in [2.45, 2.75) is 6.42 Å². The smallest absolute Gasteiger partial charge is 0.101 e. The molecule has 0 radical (unpaired) electrons. The molecule has 0 saturated carbocycles. The van der Waals surface area contributed by atoms with Gasteiger partial charge >= 0.3 is 0 Å². The minimum absolute atomic E-state index is 0.0745. The maximum absolute atomic E-state index is 8.76. The summed E-state index contributed by atoms with van der Waals surface area (Å²) >= 11 is 3.27. The van der Waals surface area contributed by atoms with E-state index < -0.39 is 0 Å². The van der Waals surface area contributed by atoms with E-state index in [9.17, 15) is 0 Å².